The first-order valence-corrected chi connectivity index (χ1v) is 5.69. The number of thiazole rings is 1. The maximum absolute atomic E-state index is 11.4. The van der Waals surface area contributed by atoms with Crippen LogP contribution in [0.4, 0.5) is 0 Å². The van der Waals surface area contributed by atoms with E-state index < -0.39 is 11.5 Å². The van der Waals surface area contributed by atoms with E-state index in [1.165, 1.54) is 11.3 Å². The summed E-state index contributed by atoms with van der Waals surface area (Å²) in [5, 5.41) is 0. The van der Waals surface area contributed by atoms with Crippen molar-refractivity contribution in [2.24, 2.45) is 5.73 Å². The molecule has 3 aromatic rings. The minimum Gasteiger partial charge on any atom is -0.364 e. The number of nitrogens with zero attached hydrogens (tertiary/aromatic N) is 2. The molecule has 0 aliphatic rings. The summed E-state index contributed by atoms with van der Waals surface area (Å²) in [4.78, 5) is 27.1. The quantitative estimate of drug-likeness (QED) is 0.695. The molecule has 0 atom stereocenters. The van der Waals surface area contributed by atoms with E-state index in [-0.39, 0.29) is 5.69 Å². The Bertz CT molecular complexity index is 803. The lowest BCUT2D eigenvalue weighted by Gasteiger charge is -2.00. The number of rotatable bonds is 1. The third kappa shape index (κ3) is 1.42. The number of hydrogen-bond acceptors (Lipinski definition) is 4. The summed E-state index contributed by atoms with van der Waals surface area (Å²) < 4.78 is 2.57. The van der Waals surface area contributed by atoms with Gasteiger partial charge in [0.15, 0.2) is 4.96 Å². The summed E-state index contributed by atoms with van der Waals surface area (Å²) in [6.45, 7) is 0. The molecule has 5 nitrogen and oxygen atoms in total. The molecule has 0 bridgehead atoms. The Morgan fingerprint density at radius 1 is 1.35 bits per heavy atom. The van der Waals surface area contributed by atoms with Gasteiger partial charge in [0.2, 0.25) is 0 Å². The minimum atomic E-state index is -0.636. The lowest BCUT2D eigenvalue weighted by atomic mass is 10.3. The van der Waals surface area contributed by atoms with Crippen LogP contribution >= 0.6 is 11.3 Å². The average molecular weight is 245 g/mol. The van der Waals surface area contributed by atoms with E-state index in [9.17, 15) is 9.59 Å². The van der Waals surface area contributed by atoms with E-state index in [1.807, 2.05) is 24.3 Å². The molecule has 0 saturated carbocycles. The van der Waals surface area contributed by atoms with E-state index >= 15 is 0 Å². The first kappa shape index (κ1) is 9.98. The van der Waals surface area contributed by atoms with E-state index in [1.54, 1.807) is 4.40 Å². The van der Waals surface area contributed by atoms with Crippen LogP contribution in [-0.4, -0.2) is 15.3 Å². The molecule has 17 heavy (non-hydrogen) atoms. The molecule has 0 fully saturated rings. The van der Waals surface area contributed by atoms with Crippen LogP contribution < -0.4 is 11.3 Å². The molecule has 1 amide bonds. The van der Waals surface area contributed by atoms with Crippen molar-refractivity contribution >= 4 is 32.4 Å². The molecular formula is C11H7N3O2S. The Kier molecular flexibility index (Phi) is 1.99. The van der Waals surface area contributed by atoms with E-state index in [2.05, 4.69) is 4.98 Å². The van der Waals surface area contributed by atoms with Gasteiger partial charge in [-0.15, -0.1) is 0 Å². The third-order valence-electron chi connectivity index (χ3n) is 2.46. The number of primary amides is 1. The van der Waals surface area contributed by atoms with Crippen molar-refractivity contribution in [3.63, 3.8) is 0 Å². The Balaban J connectivity index is 2.62. The van der Waals surface area contributed by atoms with Crippen molar-refractivity contribution in [2.75, 3.05) is 0 Å². The van der Waals surface area contributed by atoms with E-state index in [4.69, 9.17) is 5.73 Å². The van der Waals surface area contributed by atoms with Gasteiger partial charge in [0.05, 0.1) is 10.2 Å². The van der Waals surface area contributed by atoms with Gasteiger partial charge >= 0.3 is 0 Å². The summed E-state index contributed by atoms with van der Waals surface area (Å²) in [6.07, 6.45) is 0. The van der Waals surface area contributed by atoms with Crippen LogP contribution in [0.25, 0.3) is 15.2 Å². The van der Waals surface area contributed by atoms with Crippen molar-refractivity contribution in [3.8, 4) is 0 Å². The molecule has 1 aromatic carbocycles. The third-order valence-corrected chi connectivity index (χ3v) is 3.48. The molecule has 84 valence electrons. The average Bonchev–Trinajstić information content (AvgIpc) is 2.65. The Labute approximate surface area is 99.1 Å². The molecule has 0 aliphatic heterocycles. The molecule has 2 aromatic heterocycles. The molecule has 0 unspecified atom stereocenters. The molecule has 6 heteroatoms. The number of hydrogen-bond donors (Lipinski definition) is 1. The highest BCUT2D eigenvalue weighted by atomic mass is 32.1. The van der Waals surface area contributed by atoms with Crippen molar-refractivity contribution in [2.45, 2.75) is 0 Å². The standard InChI is InChI=1S/C11H7N3O2S/c12-10(16)7-5-9(15)13-11-14(7)6-3-1-2-4-8(6)17-11/h1-5H,(H2,12,16). The fraction of sp³-hybridized carbons (Fsp3) is 0. The highest BCUT2D eigenvalue weighted by Crippen LogP contribution is 2.25. The van der Waals surface area contributed by atoms with Gasteiger partial charge in [-0.2, -0.15) is 4.98 Å². The van der Waals surface area contributed by atoms with E-state index in [0.29, 0.717) is 4.96 Å². The number of para-hydroxylation sites is 1. The first-order valence-electron chi connectivity index (χ1n) is 4.88. The van der Waals surface area contributed by atoms with Crippen LogP contribution in [0.2, 0.25) is 0 Å². The smallest absolute Gasteiger partial charge is 0.274 e. The van der Waals surface area contributed by atoms with Gasteiger partial charge in [-0.1, -0.05) is 23.5 Å². The van der Waals surface area contributed by atoms with Crippen LogP contribution in [0.5, 0.6) is 0 Å². The summed E-state index contributed by atoms with van der Waals surface area (Å²) in [5.74, 6) is -0.636. The number of benzene rings is 1. The number of carbonyl (C=O) groups is 1. The van der Waals surface area contributed by atoms with Crippen molar-refractivity contribution in [1.82, 2.24) is 9.38 Å². The zero-order valence-electron chi connectivity index (χ0n) is 8.58. The molecule has 0 aliphatic carbocycles. The van der Waals surface area contributed by atoms with Crippen LogP contribution in [0, 0.1) is 0 Å². The van der Waals surface area contributed by atoms with Gasteiger partial charge in [0.25, 0.3) is 11.5 Å². The van der Waals surface area contributed by atoms with Crippen molar-refractivity contribution < 1.29 is 4.79 Å². The van der Waals surface area contributed by atoms with Gasteiger partial charge in [0.1, 0.15) is 5.69 Å². The predicted octanol–water partition coefficient (Wildman–Crippen LogP) is 1.01. The Morgan fingerprint density at radius 2 is 2.12 bits per heavy atom. The minimum absolute atomic E-state index is 0.164. The van der Waals surface area contributed by atoms with Crippen LogP contribution in [0.3, 0.4) is 0 Å². The molecule has 2 heterocycles. The van der Waals surface area contributed by atoms with Gasteiger partial charge in [0, 0.05) is 6.07 Å². The van der Waals surface area contributed by atoms with Crippen molar-refractivity contribution in [1.29, 1.82) is 0 Å². The topological polar surface area (TPSA) is 77.5 Å². The Morgan fingerprint density at radius 3 is 2.88 bits per heavy atom. The molecule has 2 N–H and O–H groups in total. The van der Waals surface area contributed by atoms with Crippen LogP contribution in [-0.2, 0) is 0 Å². The maximum Gasteiger partial charge on any atom is 0.274 e. The van der Waals surface area contributed by atoms with E-state index in [0.717, 1.165) is 16.3 Å². The zero-order valence-corrected chi connectivity index (χ0v) is 9.40. The number of nitrogens with two attached hydrogens (primary N) is 1. The van der Waals surface area contributed by atoms with Crippen molar-refractivity contribution in [3.05, 3.63) is 46.4 Å². The molecule has 0 saturated heterocycles. The second kappa shape index (κ2) is 3.39. The highest BCUT2D eigenvalue weighted by Gasteiger charge is 2.13. The summed E-state index contributed by atoms with van der Waals surface area (Å²) in [7, 11) is 0. The monoisotopic (exact) mass is 245 g/mol. The summed E-state index contributed by atoms with van der Waals surface area (Å²) >= 11 is 1.35. The van der Waals surface area contributed by atoms with Gasteiger partial charge in [-0.3, -0.25) is 14.0 Å². The fourth-order valence-corrected chi connectivity index (χ4v) is 2.80. The summed E-state index contributed by atoms with van der Waals surface area (Å²) in [5.41, 5.74) is 5.82. The number of carbonyl (C=O) groups excluding carboxylic acids is 1. The molecule has 0 radical (unpaired) electrons. The van der Waals surface area contributed by atoms with Gasteiger partial charge < -0.3 is 5.73 Å². The predicted molar refractivity (Wildman–Crippen MR) is 65.4 cm³/mol. The fourth-order valence-electron chi connectivity index (χ4n) is 1.77. The lowest BCUT2D eigenvalue weighted by Crippen LogP contribution is -2.20. The molecule has 0 spiro atoms. The molecular weight excluding hydrogens is 238 g/mol. The van der Waals surface area contributed by atoms with Gasteiger partial charge in [-0.25, -0.2) is 0 Å². The highest BCUT2D eigenvalue weighted by molar-refractivity contribution is 7.23. The lowest BCUT2D eigenvalue weighted by molar-refractivity contribution is 0.0994. The van der Waals surface area contributed by atoms with Crippen LogP contribution in [0.1, 0.15) is 10.5 Å². The number of fused-ring (bicyclic) bond motifs is 3. The van der Waals surface area contributed by atoms with Gasteiger partial charge in [-0.05, 0) is 12.1 Å². The number of amides is 1. The number of aromatic nitrogens is 2. The second-order valence-corrected chi connectivity index (χ2v) is 4.54. The molecule has 3 rings (SSSR count). The Hall–Kier alpha value is -2.21. The maximum atomic E-state index is 11.4. The SMILES string of the molecule is NC(=O)c1cc(=O)nc2sc3ccccc3n12. The zero-order chi connectivity index (χ0) is 12.0. The first-order chi connectivity index (χ1) is 8.16. The summed E-state index contributed by atoms with van der Waals surface area (Å²) in [6, 6.07) is 8.67. The normalized spacial score (nSPS) is 11.1. The van der Waals surface area contributed by atoms with Crippen LogP contribution in [0.15, 0.2) is 35.1 Å². The second-order valence-electron chi connectivity index (χ2n) is 3.53. The largest absolute Gasteiger partial charge is 0.364 e.